The summed E-state index contributed by atoms with van der Waals surface area (Å²) in [6.45, 7) is 2.06. The van der Waals surface area contributed by atoms with E-state index in [9.17, 15) is 26.3 Å². The van der Waals surface area contributed by atoms with Gasteiger partial charge in [-0.05, 0) is 84.7 Å². The number of hydrogen-bond acceptors (Lipinski definition) is 0. The van der Waals surface area contributed by atoms with Crippen LogP contribution >= 0.6 is 0 Å². The molecule has 0 radical (unpaired) electrons. The van der Waals surface area contributed by atoms with E-state index >= 15 is 0 Å². The summed E-state index contributed by atoms with van der Waals surface area (Å²) in [5, 5.41) is 0.0477. The summed E-state index contributed by atoms with van der Waals surface area (Å²) in [5.74, 6) is -0.499. The Balaban J connectivity index is 1.46. The van der Waals surface area contributed by atoms with Crippen LogP contribution in [0.4, 0.5) is 26.3 Å². The maximum atomic E-state index is 14.6. The van der Waals surface area contributed by atoms with Gasteiger partial charge in [0.15, 0.2) is 17.5 Å². The van der Waals surface area contributed by atoms with Gasteiger partial charge in [-0.2, -0.15) is 0 Å². The molecule has 190 valence electrons. The third kappa shape index (κ3) is 6.17. The predicted molar refractivity (Wildman–Crippen MR) is 133 cm³/mol. The molecule has 0 aromatic heterocycles. The Bertz CT molecular complexity index is 1490. The second-order valence-corrected chi connectivity index (χ2v) is 8.98. The SMILES string of the molecule is CCCCCc1cc(F)c(CCc2ccc(C#Cc3ccc4c(F)c(F)c(F)cc4c3)c(F)c2)c(F)c1. The first-order valence-electron chi connectivity index (χ1n) is 12.1. The van der Waals surface area contributed by atoms with Gasteiger partial charge in [-0.25, -0.2) is 26.3 Å². The molecule has 0 saturated carbocycles. The number of halogens is 6. The number of aryl methyl sites for hydroxylation is 2. The topological polar surface area (TPSA) is 0 Å². The van der Waals surface area contributed by atoms with Crippen LogP contribution in [0.1, 0.15) is 54.0 Å². The number of benzene rings is 4. The lowest BCUT2D eigenvalue weighted by Gasteiger charge is -2.09. The molecule has 0 atom stereocenters. The molecule has 0 aliphatic carbocycles. The van der Waals surface area contributed by atoms with Crippen LogP contribution in [-0.4, -0.2) is 0 Å². The van der Waals surface area contributed by atoms with E-state index in [-0.39, 0.29) is 34.7 Å². The van der Waals surface area contributed by atoms with E-state index in [1.165, 1.54) is 42.5 Å². The van der Waals surface area contributed by atoms with E-state index in [1.54, 1.807) is 6.07 Å². The fourth-order valence-corrected chi connectivity index (χ4v) is 4.22. The van der Waals surface area contributed by atoms with E-state index in [2.05, 4.69) is 18.8 Å². The first-order chi connectivity index (χ1) is 17.8. The lowest BCUT2D eigenvalue weighted by atomic mass is 9.99. The van der Waals surface area contributed by atoms with Crippen molar-refractivity contribution in [2.45, 2.75) is 45.4 Å². The van der Waals surface area contributed by atoms with E-state index in [0.717, 1.165) is 25.3 Å². The average molecular weight is 511 g/mol. The van der Waals surface area contributed by atoms with Gasteiger partial charge in [0.1, 0.15) is 17.5 Å². The fraction of sp³-hybridized carbons (Fsp3) is 0.226. The summed E-state index contributed by atoms with van der Waals surface area (Å²) in [7, 11) is 0. The molecule has 37 heavy (non-hydrogen) atoms. The Hall–Kier alpha value is -3.72. The summed E-state index contributed by atoms with van der Waals surface area (Å²) in [4.78, 5) is 0. The molecule has 0 amide bonds. The van der Waals surface area contributed by atoms with Crippen LogP contribution in [0.15, 0.2) is 54.6 Å². The molecule has 4 rings (SSSR count). The molecule has 4 aromatic carbocycles. The normalized spacial score (nSPS) is 11.0. The zero-order chi connectivity index (χ0) is 26.5. The van der Waals surface area contributed by atoms with Crippen LogP contribution in [0.5, 0.6) is 0 Å². The summed E-state index contributed by atoms with van der Waals surface area (Å²) in [6, 6.07) is 12.1. The highest BCUT2D eigenvalue weighted by Crippen LogP contribution is 2.24. The van der Waals surface area contributed by atoms with Crippen molar-refractivity contribution < 1.29 is 26.3 Å². The highest BCUT2D eigenvalue weighted by Gasteiger charge is 2.14. The number of rotatable bonds is 7. The van der Waals surface area contributed by atoms with Gasteiger partial charge in [-0.3, -0.25) is 0 Å². The molecule has 0 spiro atoms. The second kappa shape index (κ2) is 11.6. The Morgan fingerprint density at radius 3 is 2.03 bits per heavy atom. The molecule has 0 bridgehead atoms. The molecule has 0 fully saturated rings. The summed E-state index contributed by atoms with van der Waals surface area (Å²) >= 11 is 0. The number of fused-ring (bicyclic) bond motifs is 1. The minimum absolute atomic E-state index is 0.0208. The summed E-state index contributed by atoms with van der Waals surface area (Å²) in [5.41, 5.74) is 1.63. The van der Waals surface area contributed by atoms with E-state index in [0.29, 0.717) is 23.1 Å². The van der Waals surface area contributed by atoms with Gasteiger partial charge in [-0.15, -0.1) is 0 Å². The molecule has 0 heterocycles. The molecule has 0 N–H and O–H groups in total. The minimum atomic E-state index is -1.54. The fourth-order valence-electron chi connectivity index (χ4n) is 4.22. The molecule has 0 saturated heterocycles. The molecule has 4 aromatic rings. The van der Waals surface area contributed by atoms with Crippen LogP contribution in [-0.2, 0) is 19.3 Å². The molecule has 0 aliphatic heterocycles. The first kappa shape index (κ1) is 26.3. The third-order valence-corrected chi connectivity index (χ3v) is 6.28. The third-order valence-electron chi connectivity index (χ3n) is 6.28. The van der Waals surface area contributed by atoms with E-state index in [4.69, 9.17) is 0 Å². The lowest BCUT2D eigenvalue weighted by molar-refractivity contribution is 0.453. The van der Waals surface area contributed by atoms with Crippen LogP contribution < -0.4 is 0 Å². The lowest BCUT2D eigenvalue weighted by Crippen LogP contribution is -2.02. The summed E-state index contributed by atoms with van der Waals surface area (Å²) in [6.07, 6.45) is 3.86. The molecule has 0 unspecified atom stereocenters. The standard InChI is InChI=1S/C31H24F6/c1-2-3-4-5-21-16-27(33)25(28(34)17-21)13-9-20-7-11-22(26(32)15-20)10-6-19-8-12-24-23(14-19)18-29(35)31(37)30(24)36/h7-8,11-12,14-18H,2-5,9,13H2,1H3. The van der Waals surface area contributed by atoms with Gasteiger partial charge in [0.2, 0.25) is 0 Å². The van der Waals surface area contributed by atoms with Crippen molar-refractivity contribution in [2.75, 3.05) is 0 Å². The quantitative estimate of drug-likeness (QED) is 0.101. The Morgan fingerprint density at radius 1 is 0.595 bits per heavy atom. The molecule has 0 aliphatic rings. The zero-order valence-corrected chi connectivity index (χ0v) is 20.2. The largest absolute Gasteiger partial charge is 0.207 e. The van der Waals surface area contributed by atoms with Crippen molar-refractivity contribution in [3.8, 4) is 11.8 Å². The Morgan fingerprint density at radius 2 is 1.32 bits per heavy atom. The molecular formula is C31H24F6. The number of hydrogen-bond donors (Lipinski definition) is 0. The van der Waals surface area contributed by atoms with Crippen LogP contribution in [0.3, 0.4) is 0 Å². The average Bonchev–Trinajstić information content (AvgIpc) is 2.86. The molecule has 0 nitrogen and oxygen atoms in total. The molecular weight excluding hydrogens is 486 g/mol. The van der Waals surface area contributed by atoms with Crippen molar-refractivity contribution in [1.82, 2.24) is 0 Å². The minimum Gasteiger partial charge on any atom is -0.207 e. The van der Waals surface area contributed by atoms with Crippen molar-refractivity contribution in [2.24, 2.45) is 0 Å². The van der Waals surface area contributed by atoms with Crippen LogP contribution in [0.25, 0.3) is 10.8 Å². The van der Waals surface area contributed by atoms with Gasteiger partial charge >= 0.3 is 0 Å². The van der Waals surface area contributed by atoms with Gasteiger partial charge in [-0.1, -0.05) is 43.7 Å². The second-order valence-electron chi connectivity index (χ2n) is 8.98. The van der Waals surface area contributed by atoms with Crippen LogP contribution in [0, 0.1) is 46.7 Å². The number of unbranched alkanes of at least 4 members (excludes halogenated alkanes) is 2. The highest BCUT2D eigenvalue weighted by atomic mass is 19.2. The van der Waals surface area contributed by atoms with Gasteiger partial charge in [0, 0.05) is 16.5 Å². The highest BCUT2D eigenvalue weighted by molar-refractivity contribution is 5.84. The van der Waals surface area contributed by atoms with Gasteiger partial charge < -0.3 is 0 Å². The van der Waals surface area contributed by atoms with Crippen molar-refractivity contribution in [3.05, 3.63) is 117 Å². The Labute approximate surface area is 212 Å². The molecule has 6 heteroatoms. The van der Waals surface area contributed by atoms with E-state index in [1.807, 2.05) is 0 Å². The maximum Gasteiger partial charge on any atom is 0.195 e. The summed E-state index contributed by atoms with van der Waals surface area (Å²) < 4.78 is 84.5. The Kier molecular flexibility index (Phi) is 8.23. The predicted octanol–water partition coefficient (Wildman–Crippen LogP) is 8.59. The van der Waals surface area contributed by atoms with E-state index < -0.39 is 34.9 Å². The van der Waals surface area contributed by atoms with Crippen LogP contribution in [0.2, 0.25) is 0 Å². The maximum absolute atomic E-state index is 14.6. The first-order valence-corrected chi connectivity index (χ1v) is 12.1. The van der Waals surface area contributed by atoms with Gasteiger partial charge in [0.25, 0.3) is 0 Å². The van der Waals surface area contributed by atoms with Gasteiger partial charge in [0.05, 0.1) is 5.56 Å². The monoisotopic (exact) mass is 510 g/mol. The zero-order valence-electron chi connectivity index (χ0n) is 20.2. The van der Waals surface area contributed by atoms with Crippen molar-refractivity contribution in [3.63, 3.8) is 0 Å². The van der Waals surface area contributed by atoms with Crippen molar-refractivity contribution >= 4 is 10.8 Å². The van der Waals surface area contributed by atoms with Crippen molar-refractivity contribution in [1.29, 1.82) is 0 Å². The smallest absolute Gasteiger partial charge is 0.195 e.